The summed E-state index contributed by atoms with van der Waals surface area (Å²) in [4.78, 5) is 22.8. The predicted octanol–water partition coefficient (Wildman–Crippen LogP) is 4.64. The number of carbonyl (C=O) groups excluding carboxylic acids is 1. The van der Waals surface area contributed by atoms with Crippen LogP contribution in [0.4, 0.5) is 16.2 Å². The van der Waals surface area contributed by atoms with E-state index in [0.29, 0.717) is 0 Å². The maximum Gasteiger partial charge on any atom is 0.409 e. The molecule has 2 aromatic rings. The second-order valence-electron chi connectivity index (χ2n) is 5.47. The molecule has 0 bridgehead atoms. The smallest absolute Gasteiger partial charge is 0.409 e. The molecule has 2 aromatic carbocycles. The van der Waals surface area contributed by atoms with Gasteiger partial charge in [-0.25, -0.2) is 4.79 Å². The minimum Gasteiger partial charge on any atom is -0.496 e. The molecule has 1 atom stereocenters. The lowest BCUT2D eigenvalue weighted by Crippen LogP contribution is -2.49. The number of rotatable bonds is 7. The van der Waals surface area contributed by atoms with Crippen LogP contribution in [0.5, 0.6) is 5.75 Å². The Labute approximate surface area is 175 Å². The van der Waals surface area contributed by atoms with E-state index < -0.39 is 21.0 Å². The fraction of sp³-hybridized carbons (Fsp3) is 0.235. The topological polar surface area (TPSA) is 103 Å². The molecule has 1 amide bonds. The highest BCUT2D eigenvalue weighted by molar-refractivity contribution is 6.68. The molecule has 0 saturated heterocycles. The minimum absolute atomic E-state index is 0.00192. The van der Waals surface area contributed by atoms with Crippen molar-refractivity contribution in [3.63, 3.8) is 0 Å². The lowest BCUT2D eigenvalue weighted by atomic mass is 10.2. The van der Waals surface area contributed by atoms with Gasteiger partial charge in [0, 0.05) is 0 Å². The van der Waals surface area contributed by atoms with Crippen LogP contribution in [0.1, 0.15) is 5.56 Å². The molecule has 11 heteroatoms. The highest BCUT2D eigenvalue weighted by Gasteiger charge is 2.36. The number of benzene rings is 2. The number of nitro benzene ring substituents is 1. The Bertz CT molecular complexity index is 831. The SMILES string of the molecule is COc1ccc(NC(NC(=O)OCc2ccccc2)C(Cl)(Cl)Cl)c([N+](=O)[O-])c1. The number of nitro groups is 1. The molecular weight excluding hydrogens is 433 g/mol. The number of hydrogen-bond donors (Lipinski definition) is 2. The summed E-state index contributed by atoms with van der Waals surface area (Å²) in [6.07, 6.45) is -2.18. The summed E-state index contributed by atoms with van der Waals surface area (Å²) >= 11 is 17.7. The summed E-state index contributed by atoms with van der Waals surface area (Å²) in [5.74, 6) is 0.276. The Morgan fingerprint density at radius 1 is 1.21 bits per heavy atom. The monoisotopic (exact) mass is 447 g/mol. The van der Waals surface area contributed by atoms with Gasteiger partial charge in [-0.15, -0.1) is 0 Å². The van der Waals surface area contributed by atoms with Gasteiger partial charge in [-0.1, -0.05) is 65.1 Å². The first-order chi connectivity index (χ1) is 13.2. The number of alkyl carbamates (subject to hydrolysis) is 1. The van der Waals surface area contributed by atoms with Crippen LogP contribution < -0.4 is 15.4 Å². The molecule has 0 saturated carbocycles. The molecule has 1 unspecified atom stereocenters. The normalized spacial score (nSPS) is 12.0. The van der Waals surface area contributed by atoms with Crippen molar-refractivity contribution in [2.45, 2.75) is 16.6 Å². The van der Waals surface area contributed by atoms with Gasteiger partial charge in [0.2, 0.25) is 3.79 Å². The summed E-state index contributed by atoms with van der Waals surface area (Å²) in [6, 6.07) is 13.0. The van der Waals surface area contributed by atoms with Gasteiger partial charge in [-0.2, -0.15) is 0 Å². The first-order valence-corrected chi connectivity index (χ1v) is 8.97. The van der Waals surface area contributed by atoms with Crippen LogP contribution >= 0.6 is 34.8 Å². The summed E-state index contributed by atoms with van der Waals surface area (Å²) in [7, 11) is 1.38. The second-order valence-corrected chi connectivity index (χ2v) is 7.83. The number of halogens is 3. The number of nitrogens with zero attached hydrogens (tertiary/aromatic N) is 1. The quantitative estimate of drug-likeness (QED) is 0.277. The van der Waals surface area contributed by atoms with Gasteiger partial charge < -0.3 is 14.8 Å². The van der Waals surface area contributed by atoms with E-state index in [0.717, 1.165) is 5.56 Å². The van der Waals surface area contributed by atoms with Crippen molar-refractivity contribution in [1.29, 1.82) is 0 Å². The number of ether oxygens (including phenoxy) is 2. The van der Waals surface area contributed by atoms with Gasteiger partial charge in [0.15, 0.2) is 6.17 Å². The summed E-state index contributed by atoms with van der Waals surface area (Å²) in [5.41, 5.74) is 0.463. The Balaban J connectivity index is 2.12. The van der Waals surface area contributed by atoms with Crippen molar-refractivity contribution in [1.82, 2.24) is 5.32 Å². The molecule has 0 aliphatic rings. The molecule has 0 radical (unpaired) electrons. The highest BCUT2D eigenvalue weighted by Crippen LogP contribution is 2.35. The van der Waals surface area contributed by atoms with Gasteiger partial charge in [0.1, 0.15) is 18.0 Å². The standard InChI is InChI=1S/C17H16Cl3N3O5/c1-27-12-7-8-13(14(9-12)23(25)26)21-15(17(18,19)20)22-16(24)28-10-11-5-3-2-4-6-11/h2-9,15,21H,10H2,1H3,(H,22,24). The zero-order chi connectivity index (χ0) is 20.7. The molecule has 2 N–H and O–H groups in total. The van der Waals surface area contributed by atoms with Gasteiger partial charge in [-0.05, 0) is 17.7 Å². The van der Waals surface area contributed by atoms with Crippen molar-refractivity contribution in [3.8, 4) is 5.75 Å². The average molecular weight is 449 g/mol. The number of methoxy groups -OCH3 is 1. The maximum absolute atomic E-state index is 12.1. The molecule has 0 aromatic heterocycles. The van der Waals surface area contributed by atoms with Crippen LogP contribution in [-0.2, 0) is 11.3 Å². The number of carbonyl (C=O) groups is 1. The van der Waals surface area contributed by atoms with Crippen LogP contribution in [0.25, 0.3) is 0 Å². The summed E-state index contributed by atoms with van der Waals surface area (Å²) in [6.45, 7) is 0.00192. The molecule has 150 valence electrons. The molecule has 2 rings (SSSR count). The number of nitrogens with one attached hydrogen (secondary N) is 2. The lowest BCUT2D eigenvalue weighted by Gasteiger charge is -2.27. The van der Waals surface area contributed by atoms with Gasteiger partial charge in [0.05, 0.1) is 18.1 Å². The van der Waals surface area contributed by atoms with E-state index in [1.807, 2.05) is 6.07 Å². The van der Waals surface area contributed by atoms with Crippen molar-refractivity contribution in [2.75, 3.05) is 12.4 Å². The zero-order valence-corrected chi connectivity index (χ0v) is 16.8. The van der Waals surface area contributed by atoms with E-state index in [-0.39, 0.29) is 23.7 Å². The number of anilines is 1. The average Bonchev–Trinajstić information content (AvgIpc) is 2.66. The maximum atomic E-state index is 12.1. The Morgan fingerprint density at radius 3 is 2.46 bits per heavy atom. The molecular formula is C17H16Cl3N3O5. The van der Waals surface area contributed by atoms with Crippen LogP contribution in [0.3, 0.4) is 0 Å². The van der Waals surface area contributed by atoms with E-state index >= 15 is 0 Å². The predicted molar refractivity (Wildman–Crippen MR) is 107 cm³/mol. The van der Waals surface area contributed by atoms with Crippen molar-refractivity contribution < 1.29 is 19.2 Å². The van der Waals surface area contributed by atoms with E-state index in [1.165, 1.54) is 25.3 Å². The Hall–Kier alpha value is -2.42. The van der Waals surface area contributed by atoms with Gasteiger partial charge >= 0.3 is 6.09 Å². The molecule has 0 aliphatic carbocycles. The molecule has 8 nitrogen and oxygen atoms in total. The van der Waals surface area contributed by atoms with Crippen LogP contribution in [0.15, 0.2) is 48.5 Å². The van der Waals surface area contributed by atoms with Gasteiger partial charge in [0.25, 0.3) is 5.69 Å². The highest BCUT2D eigenvalue weighted by atomic mass is 35.6. The molecule has 0 fully saturated rings. The molecule has 28 heavy (non-hydrogen) atoms. The third-order valence-electron chi connectivity index (χ3n) is 3.50. The fourth-order valence-electron chi connectivity index (χ4n) is 2.15. The van der Waals surface area contributed by atoms with E-state index in [9.17, 15) is 14.9 Å². The lowest BCUT2D eigenvalue weighted by molar-refractivity contribution is -0.384. The van der Waals surface area contributed by atoms with Gasteiger partial charge in [-0.3, -0.25) is 15.4 Å². The number of amides is 1. The fourth-order valence-corrected chi connectivity index (χ4v) is 2.48. The van der Waals surface area contributed by atoms with Crippen LogP contribution in [0, 0.1) is 10.1 Å². The largest absolute Gasteiger partial charge is 0.496 e. The van der Waals surface area contributed by atoms with Crippen molar-refractivity contribution in [3.05, 3.63) is 64.2 Å². The third-order valence-corrected chi connectivity index (χ3v) is 4.16. The third kappa shape index (κ3) is 6.33. The molecule has 0 heterocycles. The Kier molecular flexibility index (Phi) is 7.56. The second kappa shape index (κ2) is 9.68. The first-order valence-electron chi connectivity index (χ1n) is 7.83. The molecule has 0 spiro atoms. The zero-order valence-electron chi connectivity index (χ0n) is 14.5. The van der Waals surface area contributed by atoms with Crippen molar-refractivity contribution in [2.24, 2.45) is 0 Å². The van der Waals surface area contributed by atoms with E-state index in [2.05, 4.69) is 10.6 Å². The minimum atomic E-state index is -2.03. The van der Waals surface area contributed by atoms with E-state index in [4.69, 9.17) is 44.3 Å². The van der Waals surface area contributed by atoms with Crippen LogP contribution in [0.2, 0.25) is 0 Å². The van der Waals surface area contributed by atoms with Crippen LogP contribution in [-0.4, -0.2) is 28.1 Å². The van der Waals surface area contributed by atoms with Crippen molar-refractivity contribution >= 4 is 52.3 Å². The molecule has 0 aliphatic heterocycles. The first kappa shape index (κ1) is 21.9. The summed E-state index contributed by atoms with van der Waals surface area (Å²) < 4.78 is 8.03. The number of hydrogen-bond acceptors (Lipinski definition) is 6. The Morgan fingerprint density at radius 2 is 1.89 bits per heavy atom. The summed E-state index contributed by atoms with van der Waals surface area (Å²) in [5, 5.41) is 16.3. The number of alkyl halides is 3. The van der Waals surface area contributed by atoms with E-state index in [1.54, 1.807) is 24.3 Å².